The van der Waals surface area contributed by atoms with Crippen LogP contribution in [0.5, 0.6) is 0 Å². The highest BCUT2D eigenvalue weighted by Gasteiger charge is 2.41. The van der Waals surface area contributed by atoms with Crippen molar-refractivity contribution in [2.45, 2.75) is 71.1 Å². The molecule has 1 amide bonds. The maximum Gasteiger partial charge on any atom is 0.416 e. The quantitative estimate of drug-likeness (QED) is 0.260. The van der Waals surface area contributed by atoms with Crippen LogP contribution in [0, 0.1) is 11.3 Å². The van der Waals surface area contributed by atoms with Crippen LogP contribution >= 0.6 is 0 Å². The predicted molar refractivity (Wildman–Crippen MR) is 171 cm³/mol. The van der Waals surface area contributed by atoms with Gasteiger partial charge in [-0.3, -0.25) is 9.59 Å². The number of hydrogen-bond donors (Lipinski definition) is 2. The third-order valence-corrected chi connectivity index (χ3v) is 9.02. The van der Waals surface area contributed by atoms with Crippen LogP contribution < -0.4 is 5.32 Å². The Bertz CT molecular complexity index is 1570. The van der Waals surface area contributed by atoms with Crippen LogP contribution in [0.25, 0.3) is 11.1 Å². The number of ether oxygens (including phenoxy) is 1. The zero-order valence-corrected chi connectivity index (χ0v) is 26.3. The van der Waals surface area contributed by atoms with Crippen LogP contribution in [-0.2, 0) is 15.7 Å². The van der Waals surface area contributed by atoms with Gasteiger partial charge < -0.3 is 20.1 Å². The van der Waals surface area contributed by atoms with Crippen LogP contribution in [0.15, 0.2) is 77.8 Å². The molecule has 0 spiro atoms. The summed E-state index contributed by atoms with van der Waals surface area (Å²) >= 11 is 0. The van der Waals surface area contributed by atoms with E-state index in [0.29, 0.717) is 40.9 Å². The van der Waals surface area contributed by atoms with Gasteiger partial charge in [0, 0.05) is 18.2 Å². The second-order valence-electron chi connectivity index (χ2n) is 13.2. The monoisotopic (exact) mass is 635 g/mol. The molecule has 10 heteroatoms. The molecule has 2 aliphatic rings. The molecule has 2 fully saturated rings. The molecule has 1 heterocycles. The van der Waals surface area contributed by atoms with E-state index >= 15 is 0 Å². The first-order valence-corrected chi connectivity index (χ1v) is 15.7. The minimum atomic E-state index is -4.44. The number of aliphatic imine (C=N–C) groups is 1. The minimum absolute atomic E-state index is 0.0478. The molecule has 0 bridgehead atoms. The van der Waals surface area contributed by atoms with Crippen molar-refractivity contribution in [2.75, 3.05) is 13.2 Å². The number of amides is 1. The number of hydrogen-bond acceptors (Lipinski definition) is 4. The number of carboxylic acids is 1. The lowest BCUT2D eigenvalue weighted by atomic mass is 9.71. The molecule has 1 aliphatic carbocycles. The van der Waals surface area contributed by atoms with E-state index in [-0.39, 0.29) is 36.4 Å². The van der Waals surface area contributed by atoms with Crippen LogP contribution in [0.2, 0.25) is 0 Å². The van der Waals surface area contributed by atoms with Crippen LogP contribution in [0.4, 0.5) is 18.9 Å². The first-order chi connectivity index (χ1) is 21.8. The summed E-state index contributed by atoms with van der Waals surface area (Å²) < 4.78 is 46.4. The average molecular weight is 636 g/mol. The number of nitrogens with one attached hydrogen (secondary N) is 1. The Labute approximate surface area is 267 Å². The molecule has 0 radical (unpaired) electrons. The van der Waals surface area contributed by atoms with Gasteiger partial charge in [-0.05, 0) is 90.1 Å². The highest BCUT2D eigenvalue weighted by atomic mass is 19.4. The molecular formula is C36H40F3N3O4. The van der Waals surface area contributed by atoms with Crippen molar-refractivity contribution < 1.29 is 32.6 Å². The summed E-state index contributed by atoms with van der Waals surface area (Å²) in [5.41, 5.74) is 2.56. The van der Waals surface area contributed by atoms with Crippen molar-refractivity contribution in [1.29, 1.82) is 0 Å². The number of nitrogens with zero attached hydrogens (tertiary/aromatic N) is 2. The molecule has 2 N–H and O–H groups in total. The number of rotatable bonds is 8. The van der Waals surface area contributed by atoms with E-state index in [4.69, 9.17) is 14.8 Å². The smallest absolute Gasteiger partial charge is 0.416 e. The third-order valence-electron chi connectivity index (χ3n) is 9.02. The Morgan fingerprint density at radius 2 is 1.59 bits per heavy atom. The molecule has 1 saturated heterocycles. The Morgan fingerprint density at radius 3 is 2.22 bits per heavy atom. The van der Waals surface area contributed by atoms with E-state index < -0.39 is 17.7 Å². The standard InChI is InChI=1S/C36H40F3N3O4/c1-35(2,3)27-14-16-30(17-15-27)42-31(23-10-12-24(13-11-23)33(45)40-19-18-32(43)44)22-46-34(42)41-29-9-5-7-26(21-29)25-6-4-8-28(20-25)36(37,38)39/h4-13,20-21,27,30-31H,14-19,22H2,1-3H3,(H,40,45)(H,43,44). The second-order valence-corrected chi connectivity index (χ2v) is 13.2. The molecule has 1 aliphatic heterocycles. The molecule has 7 nitrogen and oxygen atoms in total. The van der Waals surface area contributed by atoms with Gasteiger partial charge in [-0.2, -0.15) is 18.2 Å². The average Bonchev–Trinajstić information content (AvgIpc) is 3.43. The zero-order chi connectivity index (χ0) is 33.1. The highest BCUT2D eigenvalue weighted by molar-refractivity contribution is 5.94. The molecule has 0 aromatic heterocycles. The Balaban J connectivity index is 1.42. The van der Waals surface area contributed by atoms with Crippen LogP contribution in [0.3, 0.4) is 0 Å². The minimum Gasteiger partial charge on any atom is -0.481 e. The van der Waals surface area contributed by atoms with E-state index in [1.807, 2.05) is 18.2 Å². The van der Waals surface area contributed by atoms with Gasteiger partial charge in [-0.1, -0.05) is 57.2 Å². The number of halogens is 3. The normalized spacial score (nSPS) is 21.2. The maximum atomic E-state index is 13.4. The summed E-state index contributed by atoms with van der Waals surface area (Å²) in [5.74, 6) is -0.710. The summed E-state index contributed by atoms with van der Waals surface area (Å²) in [6, 6.07) is 20.1. The van der Waals surface area contributed by atoms with Crippen molar-refractivity contribution in [2.24, 2.45) is 16.3 Å². The number of carbonyl (C=O) groups is 2. The van der Waals surface area contributed by atoms with E-state index in [0.717, 1.165) is 43.4 Å². The summed E-state index contributed by atoms with van der Waals surface area (Å²) in [5, 5.41) is 11.5. The van der Waals surface area contributed by atoms with Crippen LogP contribution in [0.1, 0.15) is 80.4 Å². The number of carbonyl (C=O) groups excluding carboxylic acids is 1. The van der Waals surface area contributed by atoms with Crippen molar-refractivity contribution in [3.05, 3.63) is 89.5 Å². The molecule has 1 atom stereocenters. The van der Waals surface area contributed by atoms with E-state index in [1.165, 1.54) is 6.07 Å². The van der Waals surface area contributed by atoms with E-state index in [9.17, 15) is 22.8 Å². The molecule has 244 valence electrons. The van der Waals surface area contributed by atoms with Crippen molar-refractivity contribution in [3.8, 4) is 11.1 Å². The SMILES string of the molecule is CC(C)(C)C1CCC(N2C(=Nc3cccc(-c4cccc(C(F)(F)F)c4)c3)OCC2c2ccc(C(=O)NCCC(=O)O)cc2)CC1. The van der Waals surface area contributed by atoms with Crippen molar-refractivity contribution >= 4 is 23.6 Å². The number of aliphatic carboxylic acids is 1. The molecule has 1 saturated carbocycles. The van der Waals surface area contributed by atoms with E-state index in [2.05, 4.69) is 31.0 Å². The van der Waals surface area contributed by atoms with Gasteiger partial charge in [0.2, 0.25) is 0 Å². The first kappa shape index (κ1) is 33.0. The zero-order valence-electron chi connectivity index (χ0n) is 26.3. The summed E-state index contributed by atoms with van der Waals surface area (Å²) in [7, 11) is 0. The van der Waals surface area contributed by atoms with E-state index in [1.54, 1.807) is 36.4 Å². The largest absolute Gasteiger partial charge is 0.481 e. The maximum absolute atomic E-state index is 13.4. The molecule has 3 aromatic carbocycles. The first-order valence-electron chi connectivity index (χ1n) is 15.7. The van der Waals surface area contributed by atoms with Gasteiger partial charge >= 0.3 is 12.1 Å². The fourth-order valence-electron chi connectivity index (χ4n) is 6.40. The Kier molecular flexibility index (Phi) is 9.74. The number of amidine groups is 1. The lowest BCUT2D eigenvalue weighted by molar-refractivity contribution is -0.138. The lowest BCUT2D eigenvalue weighted by Crippen LogP contribution is -2.42. The molecule has 46 heavy (non-hydrogen) atoms. The van der Waals surface area contributed by atoms with Gasteiger partial charge in [-0.25, -0.2) is 0 Å². The number of benzene rings is 3. The summed E-state index contributed by atoms with van der Waals surface area (Å²) in [4.78, 5) is 30.4. The van der Waals surface area contributed by atoms with Gasteiger partial charge in [0.05, 0.1) is 23.7 Å². The molecule has 1 unspecified atom stereocenters. The van der Waals surface area contributed by atoms with Gasteiger partial charge in [-0.15, -0.1) is 0 Å². The Morgan fingerprint density at radius 1 is 0.935 bits per heavy atom. The molecular weight excluding hydrogens is 595 g/mol. The van der Waals surface area contributed by atoms with Gasteiger partial charge in [0.15, 0.2) is 0 Å². The third kappa shape index (κ3) is 7.89. The second kappa shape index (κ2) is 13.6. The summed E-state index contributed by atoms with van der Waals surface area (Å²) in [6.07, 6.45) is -0.503. The lowest BCUT2D eigenvalue weighted by Gasteiger charge is -2.41. The fourth-order valence-corrected chi connectivity index (χ4v) is 6.40. The number of alkyl halides is 3. The topological polar surface area (TPSA) is 91.2 Å². The van der Waals surface area contributed by atoms with Crippen molar-refractivity contribution in [3.63, 3.8) is 0 Å². The highest BCUT2D eigenvalue weighted by Crippen LogP contribution is 2.42. The Hall–Kier alpha value is -4.34. The fraction of sp³-hybridized carbons (Fsp3) is 0.417. The molecule has 3 aromatic rings. The van der Waals surface area contributed by atoms with Gasteiger partial charge in [0.25, 0.3) is 11.9 Å². The molecule has 5 rings (SSSR count). The number of carboxylic acid groups (broad SMARTS) is 1. The van der Waals surface area contributed by atoms with Crippen LogP contribution in [-0.4, -0.2) is 47.1 Å². The summed E-state index contributed by atoms with van der Waals surface area (Å²) in [6.45, 7) is 7.25. The predicted octanol–water partition coefficient (Wildman–Crippen LogP) is 8.24. The van der Waals surface area contributed by atoms with Crippen molar-refractivity contribution in [1.82, 2.24) is 10.2 Å². The van der Waals surface area contributed by atoms with Gasteiger partial charge in [0.1, 0.15) is 6.61 Å².